The molecule has 1 fully saturated rings. The maximum Gasteiger partial charge on any atom is 0.253 e. The molecular weight excluding hydrogens is 440 g/mol. The molecule has 35 heavy (non-hydrogen) atoms. The van der Waals surface area contributed by atoms with Crippen molar-refractivity contribution in [2.24, 2.45) is 17.3 Å². The second-order valence-electron chi connectivity index (χ2n) is 11.2. The SMILES string of the molecule is CCCCCCCCCC/C=C/C1CC(=O)N(CCC(C)CC(C)(C)CN2C(=O)C=CC2=O)C1=O. The van der Waals surface area contributed by atoms with E-state index in [1.807, 2.05) is 19.9 Å². The van der Waals surface area contributed by atoms with Crippen LogP contribution >= 0.6 is 0 Å². The van der Waals surface area contributed by atoms with Crippen molar-refractivity contribution < 1.29 is 19.2 Å². The number of rotatable bonds is 17. The zero-order valence-corrected chi connectivity index (χ0v) is 22.4. The number of unbranched alkanes of at least 4 members (excludes halogenated alkanes) is 8. The number of likely N-dealkylation sites (tertiary alicyclic amines) is 1. The summed E-state index contributed by atoms with van der Waals surface area (Å²) in [6, 6.07) is 0. The van der Waals surface area contributed by atoms with E-state index in [0.29, 0.717) is 13.1 Å². The highest BCUT2D eigenvalue weighted by Crippen LogP contribution is 2.30. The Hall–Kier alpha value is -2.24. The van der Waals surface area contributed by atoms with Crippen molar-refractivity contribution in [3.8, 4) is 0 Å². The van der Waals surface area contributed by atoms with E-state index >= 15 is 0 Å². The molecule has 0 aromatic heterocycles. The van der Waals surface area contributed by atoms with Gasteiger partial charge in [0.15, 0.2) is 0 Å². The van der Waals surface area contributed by atoms with Gasteiger partial charge in [-0.2, -0.15) is 0 Å². The minimum absolute atomic E-state index is 0.0760. The number of allylic oxidation sites excluding steroid dienone is 1. The highest BCUT2D eigenvalue weighted by atomic mass is 16.2. The maximum atomic E-state index is 12.8. The van der Waals surface area contributed by atoms with Gasteiger partial charge in [-0.05, 0) is 37.0 Å². The van der Waals surface area contributed by atoms with Gasteiger partial charge in [0.05, 0.1) is 5.92 Å². The predicted octanol–water partition coefficient (Wildman–Crippen LogP) is 5.82. The molecule has 1 saturated heterocycles. The summed E-state index contributed by atoms with van der Waals surface area (Å²) in [5.41, 5.74) is -0.240. The molecule has 0 radical (unpaired) electrons. The molecule has 4 amide bonds. The lowest BCUT2D eigenvalue weighted by atomic mass is 9.81. The second kappa shape index (κ2) is 14.4. The Morgan fingerprint density at radius 2 is 1.54 bits per heavy atom. The minimum atomic E-state index is -0.317. The highest BCUT2D eigenvalue weighted by molar-refractivity contribution is 6.12. The van der Waals surface area contributed by atoms with Gasteiger partial charge in [0.1, 0.15) is 0 Å². The van der Waals surface area contributed by atoms with Crippen molar-refractivity contribution in [2.75, 3.05) is 13.1 Å². The molecular formula is C29H46N2O4. The fourth-order valence-electron chi connectivity index (χ4n) is 5.22. The van der Waals surface area contributed by atoms with E-state index in [9.17, 15) is 19.2 Å². The van der Waals surface area contributed by atoms with E-state index in [4.69, 9.17) is 0 Å². The van der Waals surface area contributed by atoms with Crippen LogP contribution in [0.2, 0.25) is 0 Å². The predicted molar refractivity (Wildman–Crippen MR) is 139 cm³/mol. The van der Waals surface area contributed by atoms with Gasteiger partial charge in [-0.3, -0.25) is 29.0 Å². The fraction of sp³-hybridized carbons (Fsp3) is 0.724. The van der Waals surface area contributed by atoms with Crippen molar-refractivity contribution in [3.05, 3.63) is 24.3 Å². The zero-order chi connectivity index (χ0) is 25.8. The van der Waals surface area contributed by atoms with Gasteiger partial charge in [0.2, 0.25) is 11.8 Å². The molecule has 196 valence electrons. The van der Waals surface area contributed by atoms with Crippen LogP contribution in [-0.4, -0.2) is 46.5 Å². The number of amides is 4. The largest absolute Gasteiger partial charge is 0.282 e. The first-order valence-corrected chi connectivity index (χ1v) is 13.7. The molecule has 0 N–H and O–H groups in total. The van der Waals surface area contributed by atoms with E-state index in [1.54, 1.807) is 0 Å². The minimum Gasteiger partial charge on any atom is -0.282 e. The summed E-state index contributed by atoms with van der Waals surface area (Å²) < 4.78 is 0. The number of nitrogens with zero attached hydrogens (tertiary/aromatic N) is 2. The summed E-state index contributed by atoms with van der Waals surface area (Å²) in [6.07, 6.45) is 19.7. The average molecular weight is 487 g/mol. The maximum absolute atomic E-state index is 12.8. The third kappa shape index (κ3) is 9.73. The van der Waals surface area contributed by atoms with Crippen LogP contribution in [-0.2, 0) is 19.2 Å². The summed E-state index contributed by atoms with van der Waals surface area (Å²) in [6.45, 7) is 9.22. The van der Waals surface area contributed by atoms with Gasteiger partial charge in [-0.25, -0.2) is 0 Å². The van der Waals surface area contributed by atoms with Crippen molar-refractivity contribution in [3.63, 3.8) is 0 Å². The van der Waals surface area contributed by atoms with Crippen LogP contribution in [0.5, 0.6) is 0 Å². The van der Waals surface area contributed by atoms with Gasteiger partial charge in [-0.1, -0.05) is 84.8 Å². The Morgan fingerprint density at radius 3 is 2.17 bits per heavy atom. The molecule has 2 atom stereocenters. The van der Waals surface area contributed by atoms with E-state index < -0.39 is 0 Å². The molecule has 0 aromatic carbocycles. The van der Waals surface area contributed by atoms with Crippen molar-refractivity contribution >= 4 is 23.6 Å². The molecule has 0 aromatic rings. The first-order chi connectivity index (χ1) is 16.6. The first-order valence-electron chi connectivity index (χ1n) is 13.7. The third-order valence-corrected chi connectivity index (χ3v) is 7.10. The lowest BCUT2D eigenvalue weighted by Gasteiger charge is -2.32. The lowest BCUT2D eigenvalue weighted by Crippen LogP contribution is -2.39. The van der Waals surface area contributed by atoms with Gasteiger partial charge in [-0.15, -0.1) is 0 Å². The van der Waals surface area contributed by atoms with Crippen molar-refractivity contribution in [1.29, 1.82) is 0 Å². The van der Waals surface area contributed by atoms with Crippen molar-refractivity contribution in [2.45, 2.75) is 105 Å². The Kier molecular flexibility index (Phi) is 11.9. The molecule has 2 aliphatic heterocycles. The zero-order valence-electron chi connectivity index (χ0n) is 22.4. The Morgan fingerprint density at radius 1 is 0.943 bits per heavy atom. The summed E-state index contributed by atoms with van der Waals surface area (Å²) in [7, 11) is 0. The quantitative estimate of drug-likeness (QED) is 0.148. The molecule has 0 spiro atoms. The number of carbonyl (C=O) groups is 4. The fourth-order valence-corrected chi connectivity index (χ4v) is 5.22. The number of hydrogen-bond acceptors (Lipinski definition) is 4. The van der Waals surface area contributed by atoms with Gasteiger partial charge < -0.3 is 0 Å². The molecule has 2 aliphatic rings. The molecule has 0 aliphatic carbocycles. The Labute approximate surface area is 212 Å². The van der Waals surface area contributed by atoms with Gasteiger partial charge in [0, 0.05) is 31.7 Å². The first kappa shape index (κ1) is 29.0. The summed E-state index contributed by atoms with van der Waals surface area (Å²) >= 11 is 0. The number of hydrogen-bond donors (Lipinski definition) is 0. The molecule has 0 saturated carbocycles. The van der Waals surface area contributed by atoms with Crippen LogP contribution in [0.4, 0.5) is 0 Å². The second-order valence-corrected chi connectivity index (χ2v) is 11.2. The van der Waals surface area contributed by atoms with Crippen molar-refractivity contribution in [1.82, 2.24) is 9.80 Å². The van der Waals surface area contributed by atoms with Crippen LogP contribution < -0.4 is 0 Å². The summed E-state index contributed by atoms with van der Waals surface area (Å²) in [5, 5.41) is 0. The molecule has 6 heteroatoms. The number of carbonyl (C=O) groups excluding carboxylic acids is 4. The van der Waals surface area contributed by atoms with Gasteiger partial charge in [0.25, 0.3) is 11.8 Å². The van der Waals surface area contributed by atoms with Crippen LogP contribution in [0.25, 0.3) is 0 Å². The molecule has 6 nitrogen and oxygen atoms in total. The summed E-state index contributed by atoms with van der Waals surface area (Å²) in [5.74, 6) is -0.739. The van der Waals surface area contributed by atoms with E-state index in [2.05, 4.69) is 19.9 Å². The molecule has 2 heterocycles. The average Bonchev–Trinajstić information content (AvgIpc) is 3.25. The van der Waals surface area contributed by atoms with Crippen LogP contribution in [0, 0.1) is 17.3 Å². The topological polar surface area (TPSA) is 74.8 Å². The smallest absolute Gasteiger partial charge is 0.253 e. The van der Waals surface area contributed by atoms with E-state index in [-0.39, 0.29) is 47.3 Å². The standard InChI is InChI=1S/C29H46N2O4/c1-5-6-7-8-9-10-11-12-13-14-15-24-20-27(34)30(28(24)35)19-18-23(2)21-29(3,4)22-31-25(32)16-17-26(31)33/h14-17,23-24H,5-13,18-22H2,1-4H3/b15-14+. The van der Waals surface area contributed by atoms with E-state index in [0.717, 1.165) is 25.7 Å². The van der Waals surface area contributed by atoms with Crippen LogP contribution in [0.1, 0.15) is 105 Å². The van der Waals surface area contributed by atoms with E-state index in [1.165, 1.54) is 66.9 Å². The number of imide groups is 2. The molecule has 2 unspecified atom stereocenters. The van der Waals surface area contributed by atoms with Gasteiger partial charge >= 0.3 is 0 Å². The molecule has 0 bridgehead atoms. The monoisotopic (exact) mass is 486 g/mol. The summed E-state index contributed by atoms with van der Waals surface area (Å²) in [4.78, 5) is 51.7. The Bertz CT molecular complexity index is 781. The normalized spacial score (nSPS) is 19.7. The Balaban J connectivity index is 1.67. The third-order valence-electron chi connectivity index (χ3n) is 7.10. The highest BCUT2D eigenvalue weighted by Gasteiger charge is 2.37. The van der Waals surface area contributed by atoms with Crippen LogP contribution in [0.3, 0.4) is 0 Å². The lowest BCUT2D eigenvalue weighted by molar-refractivity contribution is -0.140. The molecule has 2 rings (SSSR count). The van der Waals surface area contributed by atoms with Crippen LogP contribution in [0.15, 0.2) is 24.3 Å².